The molecule has 1 atom stereocenters. The van der Waals surface area contributed by atoms with Crippen LogP contribution in [0.2, 0.25) is 0 Å². The molecule has 0 spiro atoms. The molecule has 2 aromatic heterocycles. The van der Waals surface area contributed by atoms with Gasteiger partial charge in [-0.3, -0.25) is 15.1 Å². The number of fused-ring (bicyclic) bond motifs is 2. The highest BCUT2D eigenvalue weighted by molar-refractivity contribution is 7.13. The summed E-state index contributed by atoms with van der Waals surface area (Å²) in [7, 11) is 2.02. The predicted molar refractivity (Wildman–Crippen MR) is 117 cm³/mol. The highest BCUT2D eigenvalue weighted by atomic mass is 32.1. The summed E-state index contributed by atoms with van der Waals surface area (Å²) in [5, 5.41) is 5.86. The summed E-state index contributed by atoms with van der Waals surface area (Å²) in [6, 6.07) is 7.57. The van der Waals surface area contributed by atoms with E-state index in [1.165, 1.54) is 11.3 Å². The molecule has 0 saturated heterocycles. The maximum absolute atomic E-state index is 13.3. The summed E-state index contributed by atoms with van der Waals surface area (Å²) >= 11 is 1.34. The zero-order valence-electron chi connectivity index (χ0n) is 17.3. The van der Waals surface area contributed by atoms with Crippen LogP contribution in [0.4, 0.5) is 5.13 Å². The van der Waals surface area contributed by atoms with Crippen molar-refractivity contribution in [2.24, 2.45) is 0 Å². The number of benzene rings is 1. The van der Waals surface area contributed by atoms with E-state index < -0.39 is 12.1 Å². The second-order valence-corrected chi connectivity index (χ2v) is 8.36. The van der Waals surface area contributed by atoms with Crippen molar-refractivity contribution in [3.63, 3.8) is 0 Å². The fraction of sp³-hybridized carbons (Fsp3) is 0.364. The van der Waals surface area contributed by atoms with Crippen LogP contribution in [0.1, 0.15) is 40.7 Å². The number of carbonyl (C=O) groups excluding carboxylic acids is 2. The van der Waals surface area contributed by atoms with Gasteiger partial charge in [-0.15, -0.1) is 11.3 Å². The van der Waals surface area contributed by atoms with E-state index in [4.69, 9.17) is 9.72 Å². The number of anilines is 1. The van der Waals surface area contributed by atoms with Crippen molar-refractivity contribution in [3.8, 4) is 0 Å². The SMILES string of the molecule is CCC(OC(=O)c1c2c(nc3ccccc13)CCN(C)C2)C(=O)Nc1nc(C)cs1. The molecular weight excluding hydrogens is 400 g/mol. The van der Waals surface area contributed by atoms with Crippen LogP contribution in [0.25, 0.3) is 10.9 Å². The lowest BCUT2D eigenvalue weighted by Gasteiger charge is -2.27. The number of amides is 1. The number of pyridine rings is 1. The predicted octanol–water partition coefficient (Wildman–Crippen LogP) is 3.56. The van der Waals surface area contributed by atoms with E-state index in [1.807, 2.05) is 50.5 Å². The number of hydrogen-bond acceptors (Lipinski definition) is 7. The lowest BCUT2D eigenvalue weighted by atomic mass is 9.96. The lowest BCUT2D eigenvalue weighted by molar-refractivity contribution is -0.124. The van der Waals surface area contributed by atoms with Gasteiger partial charge < -0.3 is 9.64 Å². The van der Waals surface area contributed by atoms with Gasteiger partial charge in [0, 0.05) is 41.5 Å². The van der Waals surface area contributed by atoms with Gasteiger partial charge in [-0.05, 0) is 26.5 Å². The number of esters is 1. The Morgan fingerprint density at radius 3 is 2.83 bits per heavy atom. The highest BCUT2D eigenvalue weighted by Crippen LogP contribution is 2.29. The van der Waals surface area contributed by atoms with Crippen molar-refractivity contribution in [1.82, 2.24) is 14.9 Å². The van der Waals surface area contributed by atoms with Gasteiger partial charge in [0.2, 0.25) is 0 Å². The maximum Gasteiger partial charge on any atom is 0.340 e. The van der Waals surface area contributed by atoms with E-state index in [1.54, 1.807) is 0 Å². The molecular formula is C22H24N4O3S. The molecule has 1 amide bonds. The first-order valence-electron chi connectivity index (χ1n) is 9.99. The molecule has 0 aliphatic carbocycles. The Kier molecular flexibility index (Phi) is 5.78. The molecule has 0 radical (unpaired) electrons. The van der Waals surface area contributed by atoms with Gasteiger partial charge in [-0.2, -0.15) is 0 Å². The minimum Gasteiger partial charge on any atom is -0.449 e. The Hall–Kier alpha value is -2.84. The molecule has 3 heterocycles. The first-order chi connectivity index (χ1) is 14.5. The van der Waals surface area contributed by atoms with Crippen LogP contribution >= 0.6 is 11.3 Å². The molecule has 7 nitrogen and oxygen atoms in total. The molecule has 0 fully saturated rings. The third kappa shape index (κ3) is 4.06. The number of carbonyl (C=O) groups is 2. The molecule has 1 N–H and O–H groups in total. The fourth-order valence-electron chi connectivity index (χ4n) is 3.67. The molecule has 4 rings (SSSR count). The van der Waals surface area contributed by atoms with Crippen molar-refractivity contribution in [3.05, 3.63) is 52.2 Å². The Bertz CT molecular complexity index is 1110. The summed E-state index contributed by atoms with van der Waals surface area (Å²) < 4.78 is 5.72. The summed E-state index contributed by atoms with van der Waals surface area (Å²) in [5.74, 6) is -0.859. The van der Waals surface area contributed by atoms with Gasteiger partial charge in [-0.25, -0.2) is 9.78 Å². The van der Waals surface area contributed by atoms with Crippen LogP contribution in [0.5, 0.6) is 0 Å². The van der Waals surface area contributed by atoms with Crippen molar-refractivity contribution < 1.29 is 14.3 Å². The molecule has 30 heavy (non-hydrogen) atoms. The fourth-order valence-corrected chi connectivity index (χ4v) is 4.36. The topological polar surface area (TPSA) is 84.4 Å². The molecule has 1 aliphatic rings. The molecule has 3 aromatic rings. The van der Waals surface area contributed by atoms with Crippen LogP contribution in [-0.4, -0.2) is 46.4 Å². The number of nitrogens with one attached hydrogen (secondary N) is 1. The Morgan fingerprint density at radius 2 is 2.10 bits per heavy atom. The third-order valence-corrected chi connectivity index (χ3v) is 6.08. The number of thiazole rings is 1. The number of nitrogens with zero attached hydrogens (tertiary/aromatic N) is 3. The minimum absolute atomic E-state index is 0.368. The Labute approximate surface area is 179 Å². The van der Waals surface area contributed by atoms with Gasteiger partial charge in [0.05, 0.1) is 16.8 Å². The number of hydrogen-bond donors (Lipinski definition) is 1. The summed E-state index contributed by atoms with van der Waals surface area (Å²) in [5.41, 5.74) is 3.93. The molecule has 1 unspecified atom stereocenters. The van der Waals surface area contributed by atoms with Crippen LogP contribution in [-0.2, 0) is 22.5 Å². The van der Waals surface area contributed by atoms with E-state index in [-0.39, 0.29) is 5.91 Å². The molecule has 0 bridgehead atoms. The van der Waals surface area contributed by atoms with Gasteiger partial charge >= 0.3 is 5.97 Å². The quantitative estimate of drug-likeness (QED) is 0.631. The van der Waals surface area contributed by atoms with E-state index in [0.717, 1.165) is 40.8 Å². The van der Waals surface area contributed by atoms with Crippen LogP contribution < -0.4 is 5.32 Å². The zero-order valence-corrected chi connectivity index (χ0v) is 18.1. The second kappa shape index (κ2) is 8.49. The Balaban J connectivity index is 1.65. The van der Waals surface area contributed by atoms with E-state index in [9.17, 15) is 9.59 Å². The average Bonchev–Trinajstić information content (AvgIpc) is 3.14. The monoisotopic (exact) mass is 424 g/mol. The van der Waals surface area contributed by atoms with Gasteiger partial charge in [0.1, 0.15) is 0 Å². The number of para-hydroxylation sites is 1. The van der Waals surface area contributed by atoms with Crippen molar-refractivity contribution in [2.45, 2.75) is 39.3 Å². The lowest BCUT2D eigenvalue weighted by Crippen LogP contribution is -2.34. The molecule has 156 valence electrons. The number of aryl methyl sites for hydroxylation is 1. The van der Waals surface area contributed by atoms with Crippen molar-refractivity contribution in [2.75, 3.05) is 18.9 Å². The smallest absolute Gasteiger partial charge is 0.340 e. The molecule has 1 aromatic carbocycles. The molecule has 0 saturated carbocycles. The summed E-state index contributed by atoms with van der Waals surface area (Å²) in [6.45, 7) is 5.19. The van der Waals surface area contributed by atoms with Crippen molar-refractivity contribution >= 4 is 39.2 Å². The van der Waals surface area contributed by atoms with Gasteiger partial charge in [0.15, 0.2) is 11.2 Å². The number of rotatable bonds is 5. The van der Waals surface area contributed by atoms with E-state index >= 15 is 0 Å². The standard InChI is InChI=1S/C22H24N4O3S/c1-4-18(20(27)25-22-23-13(2)12-30-22)29-21(28)19-14-7-5-6-8-16(14)24-17-9-10-26(3)11-15(17)19/h5-8,12,18H,4,9-11H2,1-3H3,(H,23,25,27). The number of likely N-dealkylation sites (N-methyl/N-ethyl adjacent to an activating group) is 1. The van der Waals surface area contributed by atoms with Gasteiger partial charge in [-0.1, -0.05) is 25.1 Å². The maximum atomic E-state index is 13.3. The third-order valence-electron chi connectivity index (χ3n) is 5.20. The molecule has 8 heteroatoms. The largest absolute Gasteiger partial charge is 0.449 e. The highest BCUT2D eigenvalue weighted by Gasteiger charge is 2.29. The first-order valence-corrected chi connectivity index (χ1v) is 10.9. The van der Waals surface area contributed by atoms with Crippen LogP contribution in [0, 0.1) is 6.92 Å². The van der Waals surface area contributed by atoms with Crippen LogP contribution in [0.3, 0.4) is 0 Å². The van der Waals surface area contributed by atoms with E-state index in [0.29, 0.717) is 23.7 Å². The average molecular weight is 425 g/mol. The zero-order chi connectivity index (χ0) is 21.3. The Morgan fingerprint density at radius 1 is 1.30 bits per heavy atom. The van der Waals surface area contributed by atoms with Crippen molar-refractivity contribution in [1.29, 1.82) is 0 Å². The number of ether oxygens (including phenoxy) is 1. The minimum atomic E-state index is -0.898. The number of aromatic nitrogens is 2. The summed E-state index contributed by atoms with van der Waals surface area (Å²) in [4.78, 5) is 37.2. The summed E-state index contributed by atoms with van der Waals surface area (Å²) in [6.07, 6.45) is 0.246. The molecule has 1 aliphatic heterocycles. The van der Waals surface area contributed by atoms with E-state index in [2.05, 4.69) is 15.2 Å². The normalized spacial score (nSPS) is 14.9. The second-order valence-electron chi connectivity index (χ2n) is 7.50. The first kappa shape index (κ1) is 20.4. The van der Waals surface area contributed by atoms with Gasteiger partial charge in [0.25, 0.3) is 5.91 Å². The van der Waals surface area contributed by atoms with Crippen LogP contribution in [0.15, 0.2) is 29.6 Å².